The number of aliphatic hydroxyl groups excluding tert-OH is 1. The van der Waals surface area contributed by atoms with E-state index in [0.29, 0.717) is 0 Å². The largest absolute Gasteiger partial charge is 0.389 e. The van der Waals surface area contributed by atoms with Gasteiger partial charge in [0, 0.05) is 6.42 Å². The summed E-state index contributed by atoms with van der Waals surface area (Å²) in [5.41, 5.74) is 3.33. The van der Waals surface area contributed by atoms with Gasteiger partial charge in [-0.15, -0.1) is 11.8 Å². The Kier molecular flexibility index (Phi) is 9.91. The highest BCUT2D eigenvalue weighted by molar-refractivity contribution is 8.00. The van der Waals surface area contributed by atoms with Gasteiger partial charge in [-0.1, -0.05) is 103 Å². The van der Waals surface area contributed by atoms with Gasteiger partial charge in [0.15, 0.2) is 5.78 Å². The molecule has 3 rings (SSSR count). The number of benzene rings is 3. The van der Waals surface area contributed by atoms with E-state index in [1.807, 2.05) is 56.8 Å². The molecule has 1 atom stereocenters. The first-order valence-electron chi connectivity index (χ1n) is 12.1. The molecular weight excluding hydrogens is 452 g/mol. The average Bonchev–Trinajstić information content (AvgIpc) is 2.86. The average molecular weight is 489 g/mol. The van der Waals surface area contributed by atoms with E-state index < -0.39 is 6.10 Å². The zero-order valence-electron chi connectivity index (χ0n) is 20.9. The Morgan fingerprint density at radius 1 is 0.857 bits per heavy atom. The number of allylic oxidation sites excluding steroid dienone is 1. The molecule has 0 aromatic heterocycles. The second-order valence-electron chi connectivity index (χ2n) is 9.56. The maximum Gasteiger partial charge on any atom is 0.161 e. The number of rotatable bonds is 12. The molecule has 3 aromatic rings. The normalized spacial score (nSPS) is 13.1. The Balaban J connectivity index is 1.72. The zero-order valence-corrected chi connectivity index (χ0v) is 21.7. The fourth-order valence-corrected chi connectivity index (χ4v) is 5.43. The molecule has 184 valence electrons. The van der Waals surface area contributed by atoms with Crippen LogP contribution in [0.1, 0.15) is 50.3 Å². The third-order valence-corrected chi connectivity index (χ3v) is 7.19. The molecule has 0 spiro atoms. The van der Waals surface area contributed by atoms with Gasteiger partial charge in [0.1, 0.15) is 6.61 Å². The summed E-state index contributed by atoms with van der Waals surface area (Å²) >= 11 is 1.88. The third-order valence-electron chi connectivity index (χ3n) is 5.61. The first-order valence-corrected chi connectivity index (χ1v) is 13.1. The van der Waals surface area contributed by atoms with Crippen molar-refractivity contribution in [3.8, 4) is 0 Å². The SMILES string of the molecule is CC(C)(C)OCC(=O)CC(O)/C=C/CCSC(c1ccccc1)(c1ccccc1)c1ccccc1. The molecule has 0 aliphatic heterocycles. The van der Waals surface area contributed by atoms with Crippen molar-refractivity contribution in [3.05, 3.63) is 120 Å². The molecule has 3 aromatic carbocycles. The van der Waals surface area contributed by atoms with Crippen LogP contribution in [-0.2, 0) is 14.3 Å². The minimum Gasteiger partial charge on any atom is -0.389 e. The molecule has 4 heteroatoms. The fourth-order valence-electron chi connectivity index (χ4n) is 3.96. The van der Waals surface area contributed by atoms with Gasteiger partial charge in [-0.25, -0.2) is 0 Å². The van der Waals surface area contributed by atoms with Crippen LogP contribution in [0.15, 0.2) is 103 Å². The van der Waals surface area contributed by atoms with Crippen molar-refractivity contribution in [2.45, 2.75) is 50.1 Å². The van der Waals surface area contributed by atoms with Gasteiger partial charge in [-0.3, -0.25) is 4.79 Å². The molecule has 0 amide bonds. The van der Waals surface area contributed by atoms with Crippen LogP contribution in [-0.4, -0.2) is 35.0 Å². The lowest BCUT2D eigenvalue weighted by Gasteiger charge is -2.35. The van der Waals surface area contributed by atoms with Crippen LogP contribution in [0.3, 0.4) is 0 Å². The van der Waals surface area contributed by atoms with E-state index in [1.165, 1.54) is 16.7 Å². The van der Waals surface area contributed by atoms with Gasteiger partial charge in [-0.05, 0) is 49.6 Å². The lowest BCUT2D eigenvalue weighted by atomic mass is 9.84. The number of hydrogen-bond donors (Lipinski definition) is 1. The number of carbonyl (C=O) groups excluding carboxylic acids is 1. The molecule has 3 nitrogen and oxygen atoms in total. The summed E-state index contributed by atoms with van der Waals surface area (Å²) in [4.78, 5) is 12.1. The van der Waals surface area contributed by atoms with Crippen molar-refractivity contribution in [2.75, 3.05) is 12.4 Å². The molecule has 0 aliphatic rings. The first kappa shape index (κ1) is 26.9. The van der Waals surface area contributed by atoms with Crippen molar-refractivity contribution in [1.29, 1.82) is 0 Å². The second-order valence-corrected chi connectivity index (χ2v) is 10.9. The molecule has 0 bridgehead atoms. The predicted molar refractivity (Wildman–Crippen MR) is 147 cm³/mol. The molecule has 1 unspecified atom stereocenters. The van der Waals surface area contributed by atoms with E-state index in [-0.39, 0.29) is 29.2 Å². The Morgan fingerprint density at radius 3 is 1.74 bits per heavy atom. The fraction of sp³-hybridized carbons (Fsp3) is 0.323. The standard InChI is InChI=1S/C31H36O3S/c1-30(2,3)34-24-29(33)23-28(32)21-13-14-22-35-31(25-15-7-4-8-16-25,26-17-9-5-10-18-26)27-19-11-6-12-20-27/h4-13,15-21,28,32H,14,22-24H2,1-3H3/b21-13+. The van der Waals surface area contributed by atoms with Crippen LogP contribution in [0.4, 0.5) is 0 Å². The summed E-state index contributed by atoms with van der Waals surface area (Å²) in [7, 11) is 0. The van der Waals surface area contributed by atoms with Crippen molar-refractivity contribution >= 4 is 17.5 Å². The Morgan fingerprint density at radius 2 is 1.31 bits per heavy atom. The number of Topliss-reactive ketones (excluding diaryl/α,β-unsaturated/α-hetero) is 1. The van der Waals surface area contributed by atoms with E-state index in [9.17, 15) is 9.90 Å². The summed E-state index contributed by atoms with van der Waals surface area (Å²) in [6.07, 6.45) is 3.76. The lowest BCUT2D eigenvalue weighted by molar-refractivity contribution is -0.129. The lowest BCUT2D eigenvalue weighted by Crippen LogP contribution is -2.26. The summed E-state index contributed by atoms with van der Waals surface area (Å²) in [6.45, 7) is 5.76. The Bertz CT molecular complexity index is 960. The zero-order chi connectivity index (χ0) is 25.2. The van der Waals surface area contributed by atoms with Gasteiger partial charge in [0.2, 0.25) is 0 Å². The van der Waals surface area contributed by atoms with Crippen LogP contribution in [0, 0.1) is 0 Å². The van der Waals surface area contributed by atoms with Crippen LogP contribution in [0.5, 0.6) is 0 Å². The van der Waals surface area contributed by atoms with Crippen molar-refractivity contribution < 1.29 is 14.6 Å². The molecule has 0 saturated carbocycles. The number of aliphatic hydroxyl groups is 1. The Labute approximate surface area is 214 Å². The van der Waals surface area contributed by atoms with E-state index >= 15 is 0 Å². The highest BCUT2D eigenvalue weighted by Gasteiger charge is 2.36. The topological polar surface area (TPSA) is 46.5 Å². The van der Waals surface area contributed by atoms with Crippen LogP contribution in [0.2, 0.25) is 0 Å². The molecule has 0 heterocycles. The number of ketones is 1. The molecule has 1 N–H and O–H groups in total. The van der Waals surface area contributed by atoms with Gasteiger partial charge in [0.25, 0.3) is 0 Å². The quantitative estimate of drug-likeness (QED) is 0.173. The molecular formula is C31H36O3S. The summed E-state index contributed by atoms with van der Waals surface area (Å²) in [6, 6.07) is 31.8. The highest BCUT2D eigenvalue weighted by atomic mass is 32.2. The second kappa shape index (κ2) is 12.9. The third kappa shape index (κ3) is 7.93. The van der Waals surface area contributed by atoms with Crippen LogP contribution >= 0.6 is 11.8 Å². The predicted octanol–water partition coefficient (Wildman–Crippen LogP) is 6.79. The minimum atomic E-state index is -0.793. The monoisotopic (exact) mass is 488 g/mol. The maximum absolute atomic E-state index is 12.1. The highest BCUT2D eigenvalue weighted by Crippen LogP contribution is 2.48. The summed E-state index contributed by atoms with van der Waals surface area (Å²) < 4.78 is 5.16. The van der Waals surface area contributed by atoms with Gasteiger partial charge >= 0.3 is 0 Å². The number of ether oxygens (including phenoxy) is 1. The molecule has 0 aliphatic carbocycles. The maximum atomic E-state index is 12.1. The molecule has 0 radical (unpaired) electrons. The number of hydrogen-bond acceptors (Lipinski definition) is 4. The Hall–Kier alpha value is -2.66. The van der Waals surface area contributed by atoms with Crippen molar-refractivity contribution in [2.24, 2.45) is 0 Å². The van der Waals surface area contributed by atoms with E-state index in [1.54, 1.807) is 6.08 Å². The summed E-state index contributed by atoms with van der Waals surface area (Å²) in [5, 5.41) is 10.3. The van der Waals surface area contributed by atoms with Crippen LogP contribution < -0.4 is 0 Å². The van der Waals surface area contributed by atoms with Gasteiger partial charge < -0.3 is 9.84 Å². The van der Waals surface area contributed by atoms with Crippen LogP contribution in [0.25, 0.3) is 0 Å². The van der Waals surface area contributed by atoms with E-state index in [2.05, 4.69) is 72.8 Å². The van der Waals surface area contributed by atoms with Gasteiger partial charge in [-0.2, -0.15) is 0 Å². The first-order chi connectivity index (χ1) is 16.8. The van der Waals surface area contributed by atoms with Crippen molar-refractivity contribution in [1.82, 2.24) is 0 Å². The number of thioether (sulfide) groups is 1. The molecule has 0 saturated heterocycles. The van der Waals surface area contributed by atoms with Crippen molar-refractivity contribution in [3.63, 3.8) is 0 Å². The minimum absolute atomic E-state index is 0.0258. The summed E-state index contributed by atoms with van der Waals surface area (Å²) in [5.74, 6) is 0.755. The number of carbonyl (C=O) groups is 1. The van der Waals surface area contributed by atoms with E-state index in [4.69, 9.17) is 4.74 Å². The van der Waals surface area contributed by atoms with Gasteiger partial charge in [0.05, 0.1) is 16.5 Å². The smallest absolute Gasteiger partial charge is 0.161 e. The molecule has 0 fully saturated rings. The van der Waals surface area contributed by atoms with E-state index in [0.717, 1.165) is 12.2 Å². The molecule has 35 heavy (non-hydrogen) atoms.